The molecule has 0 saturated carbocycles. The van der Waals surface area contributed by atoms with Crippen LogP contribution in [0.1, 0.15) is 11.3 Å². The predicted octanol–water partition coefficient (Wildman–Crippen LogP) is 3.71. The van der Waals surface area contributed by atoms with E-state index in [0.29, 0.717) is 5.69 Å². The van der Waals surface area contributed by atoms with Gasteiger partial charge in [0, 0.05) is 30.2 Å². The molecule has 0 atom stereocenters. The Morgan fingerprint density at radius 3 is 2.56 bits per heavy atom. The topological polar surface area (TPSA) is 83.8 Å². The van der Waals surface area contributed by atoms with Gasteiger partial charge in [0.25, 0.3) is 0 Å². The molecule has 3 rings (SSSR count). The van der Waals surface area contributed by atoms with E-state index in [-0.39, 0.29) is 23.1 Å². The summed E-state index contributed by atoms with van der Waals surface area (Å²) in [5.74, 6) is -0.299. The number of rotatable bonds is 3. The van der Waals surface area contributed by atoms with E-state index >= 15 is 0 Å². The van der Waals surface area contributed by atoms with E-state index in [1.807, 2.05) is 0 Å². The molecule has 2 heterocycles. The monoisotopic (exact) mass is 347 g/mol. The molecule has 0 saturated heterocycles. The Hall–Kier alpha value is -3.23. The van der Waals surface area contributed by atoms with E-state index in [4.69, 9.17) is 0 Å². The number of nitrogens with zero attached hydrogens (tertiary/aromatic N) is 4. The van der Waals surface area contributed by atoms with E-state index in [0.717, 1.165) is 11.6 Å². The Labute approximate surface area is 140 Å². The van der Waals surface area contributed by atoms with Crippen LogP contribution < -0.4 is 5.32 Å². The summed E-state index contributed by atoms with van der Waals surface area (Å²) in [5, 5.41) is 12.3. The summed E-state index contributed by atoms with van der Waals surface area (Å²) in [6.07, 6.45) is -0.638. The molecule has 3 aromatic rings. The van der Waals surface area contributed by atoms with Gasteiger partial charge in [-0.15, -0.1) is 0 Å². The van der Waals surface area contributed by atoms with Gasteiger partial charge in [-0.25, -0.2) is 15.0 Å². The highest BCUT2D eigenvalue weighted by atomic mass is 19.4. The van der Waals surface area contributed by atoms with Crippen molar-refractivity contribution in [3.63, 3.8) is 0 Å². The zero-order chi connectivity index (χ0) is 18.0. The average molecular weight is 347 g/mol. The van der Waals surface area contributed by atoms with Crippen molar-refractivity contribution in [2.24, 2.45) is 0 Å². The molecule has 0 radical (unpaired) electrons. The van der Waals surface area contributed by atoms with Crippen LogP contribution in [0.25, 0.3) is 11.5 Å². The molecule has 0 aliphatic rings. The molecule has 1 aromatic carbocycles. The maximum Gasteiger partial charge on any atom is 0.433 e. The fourth-order valence-corrected chi connectivity index (χ4v) is 2.07. The van der Waals surface area contributed by atoms with Gasteiger partial charge in [-0.3, -0.25) is 4.98 Å². The van der Waals surface area contributed by atoms with Crippen LogP contribution in [0.3, 0.4) is 0 Å². The van der Waals surface area contributed by atoms with Gasteiger partial charge in [0.1, 0.15) is 17.3 Å². The summed E-state index contributed by atoms with van der Waals surface area (Å²) in [6, 6.07) is 5.30. The van der Waals surface area contributed by atoms with Gasteiger partial charge in [0.15, 0.2) is 11.5 Å². The van der Waals surface area contributed by atoms with Crippen LogP contribution >= 0.6 is 0 Å². The summed E-state index contributed by atoms with van der Waals surface area (Å²) < 4.78 is 39.5. The molecule has 2 aromatic heterocycles. The molecule has 0 aliphatic carbocycles. The van der Waals surface area contributed by atoms with Gasteiger partial charge < -0.3 is 10.4 Å². The molecule has 0 spiro atoms. The van der Waals surface area contributed by atoms with Crippen LogP contribution in [-0.4, -0.2) is 25.0 Å². The zero-order valence-corrected chi connectivity index (χ0v) is 12.9. The first-order valence-electron chi connectivity index (χ1n) is 7.12. The largest absolute Gasteiger partial charge is 0.508 e. The van der Waals surface area contributed by atoms with Crippen LogP contribution in [0.4, 0.5) is 24.7 Å². The van der Waals surface area contributed by atoms with Crippen molar-refractivity contribution < 1.29 is 18.3 Å². The third-order valence-corrected chi connectivity index (χ3v) is 3.29. The molecule has 0 bridgehead atoms. The SMILES string of the molecule is Cc1ccc(O)cc1Nc1cc(C(F)(F)F)nc(-c2cnccn2)n1. The Bertz CT molecular complexity index is 900. The first-order valence-corrected chi connectivity index (χ1v) is 7.12. The molecule has 0 aliphatic heterocycles. The van der Waals surface area contributed by atoms with Crippen molar-refractivity contribution in [3.8, 4) is 17.3 Å². The number of hydrogen-bond acceptors (Lipinski definition) is 6. The van der Waals surface area contributed by atoms with Crippen LogP contribution in [0.5, 0.6) is 5.75 Å². The number of nitrogens with one attached hydrogen (secondary N) is 1. The van der Waals surface area contributed by atoms with Gasteiger partial charge in [-0.05, 0) is 18.6 Å². The Balaban J connectivity index is 2.08. The predicted molar refractivity (Wildman–Crippen MR) is 84.2 cm³/mol. The Morgan fingerprint density at radius 2 is 1.88 bits per heavy atom. The van der Waals surface area contributed by atoms with Crippen LogP contribution in [0.2, 0.25) is 0 Å². The molecule has 128 valence electrons. The highest BCUT2D eigenvalue weighted by Gasteiger charge is 2.34. The van der Waals surface area contributed by atoms with Crippen molar-refractivity contribution in [2.45, 2.75) is 13.1 Å². The number of hydrogen-bond donors (Lipinski definition) is 2. The van der Waals surface area contributed by atoms with E-state index in [1.54, 1.807) is 13.0 Å². The highest BCUT2D eigenvalue weighted by Crippen LogP contribution is 2.32. The van der Waals surface area contributed by atoms with Gasteiger partial charge in [-0.2, -0.15) is 13.2 Å². The molecular weight excluding hydrogens is 335 g/mol. The number of alkyl halides is 3. The molecule has 0 unspecified atom stereocenters. The average Bonchev–Trinajstić information content (AvgIpc) is 2.58. The second-order valence-corrected chi connectivity index (χ2v) is 5.17. The lowest BCUT2D eigenvalue weighted by Crippen LogP contribution is -2.11. The molecule has 0 fully saturated rings. The van der Waals surface area contributed by atoms with E-state index < -0.39 is 11.9 Å². The number of aryl methyl sites for hydroxylation is 1. The summed E-state index contributed by atoms with van der Waals surface area (Å²) in [7, 11) is 0. The van der Waals surface area contributed by atoms with Crippen LogP contribution in [0.15, 0.2) is 42.9 Å². The van der Waals surface area contributed by atoms with Crippen molar-refractivity contribution in [3.05, 3.63) is 54.1 Å². The van der Waals surface area contributed by atoms with E-state index in [9.17, 15) is 18.3 Å². The number of phenolic OH excluding ortho intramolecular Hbond substituents is 1. The minimum atomic E-state index is -4.65. The second-order valence-electron chi connectivity index (χ2n) is 5.17. The number of phenols is 1. The standard InChI is InChI=1S/C16H12F3N5O/c1-9-2-3-10(25)6-11(9)22-14-7-13(16(17,18)19)23-15(24-14)12-8-20-4-5-21-12/h2-8,25H,1H3,(H,22,23,24). The van der Waals surface area contributed by atoms with Crippen molar-refractivity contribution >= 4 is 11.5 Å². The number of aromatic nitrogens is 4. The van der Waals surface area contributed by atoms with Crippen molar-refractivity contribution in [2.75, 3.05) is 5.32 Å². The van der Waals surface area contributed by atoms with Gasteiger partial charge >= 0.3 is 6.18 Å². The Morgan fingerprint density at radius 1 is 1.08 bits per heavy atom. The maximum atomic E-state index is 13.2. The third-order valence-electron chi connectivity index (χ3n) is 3.29. The summed E-state index contributed by atoms with van der Waals surface area (Å²) >= 11 is 0. The number of aromatic hydroxyl groups is 1. The summed E-state index contributed by atoms with van der Waals surface area (Å²) in [4.78, 5) is 15.3. The van der Waals surface area contributed by atoms with Crippen LogP contribution in [-0.2, 0) is 6.18 Å². The number of halogens is 3. The first kappa shape index (κ1) is 16.6. The fraction of sp³-hybridized carbons (Fsp3) is 0.125. The molecular formula is C16H12F3N5O. The van der Waals surface area contributed by atoms with E-state index in [2.05, 4.69) is 25.3 Å². The molecule has 0 amide bonds. The lowest BCUT2D eigenvalue weighted by atomic mass is 10.2. The summed E-state index contributed by atoms with van der Waals surface area (Å²) in [5.41, 5.74) is 0.163. The smallest absolute Gasteiger partial charge is 0.433 e. The molecule has 2 N–H and O–H groups in total. The maximum absolute atomic E-state index is 13.2. The van der Waals surface area contributed by atoms with Crippen LogP contribution in [0, 0.1) is 6.92 Å². The zero-order valence-electron chi connectivity index (χ0n) is 12.9. The van der Waals surface area contributed by atoms with E-state index in [1.165, 1.54) is 30.7 Å². The quantitative estimate of drug-likeness (QED) is 0.751. The van der Waals surface area contributed by atoms with Crippen molar-refractivity contribution in [1.29, 1.82) is 0 Å². The Kier molecular flexibility index (Phi) is 4.22. The second kappa shape index (κ2) is 6.34. The normalized spacial score (nSPS) is 11.4. The highest BCUT2D eigenvalue weighted by molar-refractivity contribution is 5.64. The number of benzene rings is 1. The minimum absolute atomic E-state index is 0.0210. The fourth-order valence-electron chi connectivity index (χ4n) is 2.07. The molecule has 9 heteroatoms. The van der Waals surface area contributed by atoms with Gasteiger partial charge in [0.2, 0.25) is 0 Å². The number of anilines is 2. The molecule has 6 nitrogen and oxygen atoms in total. The summed E-state index contributed by atoms with van der Waals surface area (Å²) in [6.45, 7) is 1.75. The lowest BCUT2D eigenvalue weighted by Gasteiger charge is -2.13. The third kappa shape index (κ3) is 3.82. The molecule has 25 heavy (non-hydrogen) atoms. The lowest BCUT2D eigenvalue weighted by molar-refractivity contribution is -0.141. The van der Waals surface area contributed by atoms with Crippen molar-refractivity contribution in [1.82, 2.24) is 19.9 Å². The van der Waals surface area contributed by atoms with Gasteiger partial charge in [0.05, 0.1) is 6.20 Å². The minimum Gasteiger partial charge on any atom is -0.508 e. The first-order chi connectivity index (χ1) is 11.8. The van der Waals surface area contributed by atoms with Gasteiger partial charge in [-0.1, -0.05) is 6.07 Å².